The average molecular weight is 442 g/mol. The number of carbonyl (C=O) groups excluding carboxylic acids is 2. The Morgan fingerprint density at radius 3 is 2.43 bits per heavy atom. The minimum atomic E-state index is -3.64. The van der Waals surface area contributed by atoms with Crippen molar-refractivity contribution in [1.82, 2.24) is 14.9 Å². The van der Waals surface area contributed by atoms with Gasteiger partial charge < -0.3 is 19.7 Å². The standard InChI is InChI=1S/C20H31N3O6S/c1-3-23(4-2)20(25)15-21-19(24)8-6-5-7-11-22-30(26,27)16-9-10-17-18(14-16)29-13-12-28-17/h9-10,14,22H,3-8,11-13,15H2,1-2H3,(H,21,24). The molecule has 2 amide bonds. The molecule has 0 radical (unpaired) electrons. The van der Waals surface area contributed by atoms with Crippen LogP contribution in [0.25, 0.3) is 0 Å². The molecule has 168 valence electrons. The van der Waals surface area contributed by atoms with E-state index in [9.17, 15) is 18.0 Å². The Labute approximate surface area is 178 Å². The van der Waals surface area contributed by atoms with Gasteiger partial charge >= 0.3 is 0 Å². The van der Waals surface area contributed by atoms with Gasteiger partial charge in [0.05, 0.1) is 11.4 Å². The van der Waals surface area contributed by atoms with Gasteiger partial charge in [-0.25, -0.2) is 13.1 Å². The van der Waals surface area contributed by atoms with Crippen LogP contribution in [0.4, 0.5) is 0 Å². The van der Waals surface area contributed by atoms with Crippen LogP contribution in [0.2, 0.25) is 0 Å². The van der Waals surface area contributed by atoms with Gasteiger partial charge in [0, 0.05) is 32.1 Å². The summed E-state index contributed by atoms with van der Waals surface area (Å²) in [7, 11) is -3.64. The maximum Gasteiger partial charge on any atom is 0.241 e. The largest absolute Gasteiger partial charge is 0.486 e. The van der Waals surface area contributed by atoms with Crippen molar-refractivity contribution >= 4 is 21.8 Å². The summed E-state index contributed by atoms with van der Waals surface area (Å²) in [5.74, 6) is 0.696. The normalized spacial score (nSPS) is 13.0. The van der Waals surface area contributed by atoms with Crippen LogP contribution in [0, 0.1) is 0 Å². The fourth-order valence-corrected chi connectivity index (χ4v) is 4.11. The summed E-state index contributed by atoms with van der Waals surface area (Å²) in [5.41, 5.74) is 0. The van der Waals surface area contributed by atoms with E-state index >= 15 is 0 Å². The molecule has 0 fully saturated rings. The highest BCUT2D eigenvalue weighted by Gasteiger charge is 2.19. The molecule has 1 heterocycles. The first-order valence-corrected chi connectivity index (χ1v) is 11.8. The third kappa shape index (κ3) is 7.17. The number of rotatable bonds is 12. The highest BCUT2D eigenvalue weighted by atomic mass is 32.2. The van der Waals surface area contributed by atoms with E-state index in [2.05, 4.69) is 10.0 Å². The first kappa shape index (κ1) is 23.9. The Kier molecular flexibility index (Phi) is 9.38. The quantitative estimate of drug-likeness (QED) is 0.473. The maximum atomic E-state index is 12.4. The van der Waals surface area contributed by atoms with Crippen LogP contribution in [0.5, 0.6) is 11.5 Å². The first-order valence-electron chi connectivity index (χ1n) is 10.3. The lowest BCUT2D eigenvalue weighted by molar-refractivity contribution is -0.132. The molecule has 0 unspecified atom stereocenters. The lowest BCUT2D eigenvalue weighted by Gasteiger charge is -2.19. The lowest BCUT2D eigenvalue weighted by atomic mass is 10.2. The maximum absolute atomic E-state index is 12.4. The van der Waals surface area contributed by atoms with Crippen molar-refractivity contribution in [2.45, 2.75) is 44.4 Å². The Morgan fingerprint density at radius 2 is 1.73 bits per heavy atom. The van der Waals surface area contributed by atoms with E-state index in [0.717, 1.165) is 0 Å². The topological polar surface area (TPSA) is 114 Å². The predicted octanol–water partition coefficient (Wildman–Crippen LogP) is 1.28. The third-order valence-corrected chi connectivity index (χ3v) is 6.21. The molecule has 30 heavy (non-hydrogen) atoms. The van der Waals surface area contributed by atoms with Gasteiger partial charge in [-0.3, -0.25) is 9.59 Å². The molecule has 2 N–H and O–H groups in total. The first-order chi connectivity index (χ1) is 14.4. The van der Waals surface area contributed by atoms with Gasteiger partial charge in [-0.15, -0.1) is 0 Å². The number of benzene rings is 1. The van der Waals surface area contributed by atoms with Gasteiger partial charge in [-0.2, -0.15) is 0 Å². The zero-order valence-corrected chi connectivity index (χ0v) is 18.4. The minimum Gasteiger partial charge on any atom is -0.486 e. The van der Waals surface area contributed by atoms with Crippen molar-refractivity contribution in [2.75, 3.05) is 39.4 Å². The van der Waals surface area contributed by atoms with Crippen LogP contribution in [-0.2, 0) is 19.6 Å². The number of carbonyl (C=O) groups is 2. The molecule has 0 saturated carbocycles. The predicted molar refractivity (Wildman–Crippen MR) is 112 cm³/mol. The van der Waals surface area contributed by atoms with Crippen molar-refractivity contribution in [3.63, 3.8) is 0 Å². The lowest BCUT2D eigenvalue weighted by Crippen LogP contribution is -2.39. The molecule has 10 heteroatoms. The number of hydrogen-bond acceptors (Lipinski definition) is 6. The van der Waals surface area contributed by atoms with Crippen molar-refractivity contribution in [1.29, 1.82) is 0 Å². The number of sulfonamides is 1. The van der Waals surface area contributed by atoms with Gasteiger partial charge in [-0.05, 0) is 38.8 Å². The average Bonchev–Trinajstić information content (AvgIpc) is 2.75. The van der Waals surface area contributed by atoms with Crippen molar-refractivity contribution in [3.05, 3.63) is 18.2 Å². The van der Waals surface area contributed by atoms with Crippen LogP contribution in [0.15, 0.2) is 23.1 Å². The highest BCUT2D eigenvalue weighted by molar-refractivity contribution is 7.89. The fraction of sp³-hybridized carbons (Fsp3) is 0.600. The Hall–Kier alpha value is -2.33. The van der Waals surface area contributed by atoms with E-state index in [1.54, 1.807) is 11.0 Å². The van der Waals surface area contributed by atoms with Gasteiger partial charge in [0.1, 0.15) is 13.2 Å². The van der Waals surface area contributed by atoms with Crippen LogP contribution < -0.4 is 19.5 Å². The van der Waals surface area contributed by atoms with Gasteiger partial charge in [0.2, 0.25) is 21.8 Å². The van der Waals surface area contributed by atoms with Crippen molar-refractivity contribution < 1.29 is 27.5 Å². The smallest absolute Gasteiger partial charge is 0.241 e. The molecule has 2 rings (SSSR count). The van der Waals surface area contributed by atoms with Gasteiger partial charge in [-0.1, -0.05) is 6.42 Å². The van der Waals surface area contributed by atoms with Gasteiger partial charge in [0.25, 0.3) is 0 Å². The second kappa shape index (κ2) is 11.8. The van der Waals surface area contributed by atoms with Crippen molar-refractivity contribution in [2.24, 2.45) is 0 Å². The minimum absolute atomic E-state index is 0.00977. The van der Waals surface area contributed by atoms with Gasteiger partial charge in [0.15, 0.2) is 11.5 Å². The Bertz CT molecular complexity index is 824. The molecule has 0 aromatic heterocycles. The molecule has 0 saturated heterocycles. The Morgan fingerprint density at radius 1 is 1.03 bits per heavy atom. The summed E-state index contributed by atoms with van der Waals surface area (Å²) in [6.45, 7) is 6.15. The Balaban J connectivity index is 1.64. The number of ether oxygens (including phenoxy) is 2. The summed E-state index contributed by atoms with van der Waals surface area (Å²) in [6.07, 6.45) is 2.23. The molecular weight excluding hydrogens is 410 g/mol. The zero-order valence-electron chi connectivity index (χ0n) is 17.6. The number of hydrogen-bond donors (Lipinski definition) is 2. The second-order valence-corrected chi connectivity index (χ2v) is 8.62. The van der Waals surface area contributed by atoms with E-state index in [-0.39, 0.29) is 29.8 Å². The van der Waals surface area contributed by atoms with Crippen LogP contribution in [-0.4, -0.2) is 64.5 Å². The van der Waals surface area contributed by atoms with Crippen molar-refractivity contribution in [3.8, 4) is 11.5 Å². The van der Waals surface area contributed by atoms with Crippen LogP contribution >= 0.6 is 0 Å². The summed E-state index contributed by atoms with van der Waals surface area (Å²) in [4.78, 5) is 25.5. The molecule has 1 aliphatic heterocycles. The summed E-state index contributed by atoms with van der Waals surface area (Å²) in [5, 5.41) is 2.63. The van der Waals surface area contributed by atoms with E-state index in [0.29, 0.717) is 63.5 Å². The second-order valence-electron chi connectivity index (χ2n) is 6.86. The number of unbranched alkanes of at least 4 members (excludes halogenated alkanes) is 2. The summed E-state index contributed by atoms with van der Waals surface area (Å²) < 4.78 is 38.2. The number of likely N-dealkylation sites (N-methyl/N-ethyl adjacent to an activating group) is 1. The molecule has 0 aliphatic carbocycles. The molecule has 9 nitrogen and oxygen atoms in total. The molecule has 1 aliphatic rings. The molecule has 0 bridgehead atoms. The number of amides is 2. The molecule has 1 aromatic rings. The summed E-state index contributed by atoms with van der Waals surface area (Å²) in [6, 6.07) is 4.53. The fourth-order valence-electron chi connectivity index (χ4n) is 3.02. The van der Waals surface area contributed by atoms with E-state index in [4.69, 9.17) is 9.47 Å². The highest BCUT2D eigenvalue weighted by Crippen LogP contribution is 2.32. The molecule has 0 atom stereocenters. The molecule has 1 aromatic carbocycles. The van der Waals surface area contributed by atoms with Crippen LogP contribution in [0.3, 0.4) is 0 Å². The summed E-state index contributed by atoms with van der Waals surface area (Å²) >= 11 is 0. The number of nitrogens with one attached hydrogen (secondary N) is 2. The number of fused-ring (bicyclic) bond motifs is 1. The SMILES string of the molecule is CCN(CC)C(=O)CNC(=O)CCCCCNS(=O)(=O)c1ccc2c(c1)OCCO2. The molecule has 0 spiro atoms. The molecular formula is C20H31N3O6S. The monoisotopic (exact) mass is 441 g/mol. The van der Waals surface area contributed by atoms with Crippen LogP contribution in [0.1, 0.15) is 39.5 Å². The third-order valence-electron chi connectivity index (χ3n) is 4.75. The van der Waals surface area contributed by atoms with E-state index in [1.807, 2.05) is 13.8 Å². The van der Waals surface area contributed by atoms with E-state index in [1.165, 1.54) is 12.1 Å². The number of nitrogens with zero attached hydrogens (tertiary/aromatic N) is 1. The zero-order chi connectivity index (χ0) is 22.0. The van der Waals surface area contributed by atoms with E-state index < -0.39 is 10.0 Å².